The van der Waals surface area contributed by atoms with Crippen molar-refractivity contribution < 1.29 is 47.6 Å². The second-order valence-corrected chi connectivity index (χ2v) is 24.5. The lowest BCUT2D eigenvalue weighted by Gasteiger charge is -2.18. The van der Waals surface area contributed by atoms with Crippen molar-refractivity contribution in [1.82, 2.24) is 29.9 Å². The molecule has 480 valence electrons. The maximum Gasteiger partial charge on any atom is 0.231 e. The van der Waals surface area contributed by atoms with Gasteiger partial charge in [-0.2, -0.15) is 15.0 Å². The lowest BCUT2D eigenvalue weighted by atomic mass is 10.0. The summed E-state index contributed by atoms with van der Waals surface area (Å²) in [6.45, 7) is 20.5. The van der Waals surface area contributed by atoms with Crippen LogP contribution in [0.15, 0.2) is 55.0 Å². The summed E-state index contributed by atoms with van der Waals surface area (Å²) in [6.07, 6.45) is 13.2. The third-order valence-corrected chi connectivity index (χ3v) is 15.2. The summed E-state index contributed by atoms with van der Waals surface area (Å²) in [5.41, 5.74) is 20.3. The summed E-state index contributed by atoms with van der Waals surface area (Å²) in [4.78, 5) is 71.0. The average molecular weight is 1570 g/mol. The number of nitrogens with one attached hydrogen (secondary N) is 3. The molecule has 3 amide bonds. The van der Waals surface area contributed by atoms with Gasteiger partial charge in [-0.1, -0.05) is 94.9 Å². The first-order valence-electron chi connectivity index (χ1n) is 28.9. The first kappa shape index (κ1) is 75.9. The third kappa shape index (κ3) is 25.6. The molecular weight excluding hydrogens is 1490 g/mol. The third-order valence-electron chi connectivity index (χ3n) is 12.5. The molecule has 0 fully saturated rings. The van der Waals surface area contributed by atoms with Gasteiger partial charge in [0.2, 0.25) is 40.8 Å². The normalized spacial score (nSPS) is 10.6. The lowest BCUT2D eigenvalue weighted by molar-refractivity contribution is -0.117. The Morgan fingerprint density at radius 3 is 1.11 bits per heavy atom. The minimum atomic E-state index is -0.221. The van der Waals surface area contributed by atoms with Crippen molar-refractivity contribution in [3.05, 3.63) is 82.4 Å². The summed E-state index contributed by atoms with van der Waals surface area (Å²) < 4.78 is 37.0. The minimum absolute atomic E-state index is 0.119. The fraction of sp³-hybridized carbons (Fsp3) is 0.452. The molecule has 0 saturated heterocycles. The molecule has 0 atom stereocenters. The van der Waals surface area contributed by atoms with Crippen molar-refractivity contribution in [2.24, 2.45) is 0 Å². The number of hydrogen-bond donors (Lipinski definition) is 6. The number of rotatable bonds is 27. The maximum atomic E-state index is 12.4. The monoisotopic (exact) mass is 1570 g/mol. The van der Waals surface area contributed by atoms with E-state index >= 15 is 0 Å². The molecule has 3 aromatic carbocycles. The SMILES string of the molecule is CCCCC(=O)Cl.CCCCC(=O)Nc1ncc(Oc2cc(I)c(OC)cc2C(C)C)c(N)n1.CCCCC(=O)Nc1ncc(Oc2cc(I)c(OC)cc2C(C)C)c(NC(=O)CCCC)n1.COc1cc(C(C)C)c(Oc2cnc(N)nc2N)cc1I. The number of amides is 3. The Kier molecular flexibility index (Phi) is 34.2. The molecule has 9 N–H and O–H groups in total. The van der Waals surface area contributed by atoms with E-state index in [0.29, 0.717) is 60.2 Å². The number of ether oxygens (including phenoxy) is 6. The van der Waals surface area contributed by atoms with Crippen LogP contribution in [0.25, 0.3) is 0 Å². The average Bonchev–Trinajstić information content (AvgIpc) is 2.43. The molecule has 6 rings (SSSR count). The summed E-state index contributed by atoms with van der Waals surface area (Å²) in [5.74, 6) is 6.61. The minimum Gasteiger partial charge on any atom is -0.496 e. The number of nitrogens with zero attached hydrogens (tertiary/aromatic N) is 6. The topological polar surface area (TPSA) is 315 Å². The molecule has 22 nitrogen and oxygen atoms in total. The molecule has 88 heavy (non-hydrogen) atoms. The number of nitrogens with two attached hydrogens (primary N) is 3. The van der Waals surface area contributed by atoms with Crippen molar-refractivity contribution in [1.29, 1.82) is 0 Å². The van der Waals surface area contributed by atoms with Gasteiger partial charge in [0.15, 0.2) is 34.7 Å². The second-order valence-electron chi connectivity index (χ2n) is 20.6. The van der Waals surface area contributed by atoms with Gasteiger partial charge in [0.05, 0.1) is 50.6 Å². The van der Waals surface area contributed by atoms with E-state index in [1.807, 2.05) is 64.1 Å². The van der Waals surface area contributed by atoms with Crippen LogP contribution in [0.4, 0.5) is 35.3 Å². The van der Waals surface area contributed by atoms with Gasteiger partial charge in [-0.3, -0.25) is 29.8 Å². The van der Waals surface area contributed by atoms with Crippen molar-refractivity contribution in [2.75, 3.05) is 54.5 Å². The number of carbonyl (C=O) groups is 4. The number of nitrogen functional groups attached to an aromatic ring is 3. The molecule has 3 aromatic heterocycles. The first-order chi connectivity index (χ1) is 41.8. The van der Waals surface area contributed by atoms with Gasteiger partial charge in [0, 0.05) is 42.4 Å². The van der Waals surface area contributed by atoms with Crippen LogP contribution in [-0.4, -0.2) is 74.2 Å². The Hall–Kier alpha value is -6.34. The second kappa shape index (κ2) is 39.6. The highest BCUT2D eigenvalue weighted by Gasteiger charge is 2.21. The van der Waals surface area contributed by atoms with Gasteiger partial charge < -0.3 is 50.9 Å². The predicted molar refractivity (Wildman–Crippen MR) is 374 cm³/mol. The van der Waals surface area contributed by atoms with E-state index in [1.165, 1.54) is 18.6 Å². The molecule has 0 aliphatic carbocycles. The van der Waals surface area contributed by atoms with E-state index < -0.39 is 0 Å². The molecular formula is C62H84ClI3N12O10. The van der Waals surface area contributed by atoms with Crippen molar-refractivity contribution in [3.63, 3.8) is 0 Å². The first-order valence-corrected chi connectivity index (χ1v) is 32.6. The standard InChI is InChI=1S/C24H33IN4O4.C19H25IN4O3.C14H17IN4O2.C5H9ClO/c1-6-8-10-21(30)27-23-20(14-26-24(29-23)28-22(31)11-9-7-2)33-18-13-17(25)19(32-5)12-16(18)15(3)4;1-5-6-7-17(25)23-19-22-10-16(18(21)24-19)27-14-9-13(20)15(26-4)8-12(14)11(2)3;1-7(2)8-4-11(20-3)9(15)5-10(8)21-12-6-18-14(17)19-13(12)16;1-2-3-4-5(6)7/h12-15H,6-11H2,1-5H3,(H2,26,27,28,29,30,31);8-11H,5-7H2,1-4H3,(H3,21,22,23,24,25);4-7H,1-3H3,(H4,16,17,18,19);2-4H2,1H3. The Bertz CT molecular complexity index is 3250. The summed E-state index contributed by atoms with van der Waals surface area (Å²) in [7, 11) is 4.92. The molecule has 0 aliphatic heterocycles. The van der Waals surface area contributed by atoms with Gasteiger partial charge in [0.25, 0.3) is 0 Å². The summed E-state index contributed by atoms with van der Waals surface area (Å²) in [5, 5.41) is 7.94. The fourth-order valence-electron chi connectivity index (χ4n) is 7.59. The zero-order valence-corrected chi connectivity index (χ0v) is 59.7. The van der Waals surface area contributed by atoms with Crippen LogP contribution < -0.4 is 61.6 Å². The summed E-state index contributed by atoms with van der Waals surface area (Å²) >= 11 is 11.6. The van der Waals surface area contributed by atoms with Crippen molar-refractivity contribution in [2.45, 2.75) is 164 Å². The van der Waals surface area contributed by atoms with Gasteiger partial charge >= 0.3 is 0 Å². The van der Waals surface area contributed by atoms with Crippen LogP contribution in [0.1, 0.15) is 181 Å². The van der Waals surface area contributed by atoms with Crippen LogP contribution in [-0.2, 0) is 19.2 Å². The van der Waals surface area contributed by atoms with E-state index in [1.54, 1.807) is 21.3 Å². The van der Waals surface area contributed by atoms with Crippen LogP contribution in [0, 0.1) is 10.7 Å². The zero-order valence-electron chi connectivity index (χ0n) is 52.4. The van der Waals surface area contributed by atoms with Gasteiger partial charge in [-0.15, -0.1) is 0 Å². The van der Waals surface area contributed by atoms with E-state index in [2.05, 4.69) is 155 Å². The van der Waals surface area contributed by atoms with Crippen LogP contribution >= 0.6 is 79.4 Å². The van der Waals surface area contributed by atoms with Crippen LogP contribution in [0.5, 0.6) is 51.7 Å². The van der Waals surface area contributed by atoms with E-state index in [4.69, 9.17) is 57.2 Å². The summed E-state index contributed by atoms with van der Waals surface area (Å²) in [6, 6.07) is 11.6. The van der Waals surface area contributed by atoms with Crippen molar-refractivity contribution >= 4 is 138 Å². The molecule has 6 aromatic rings. The Labute approximate surface area is 563 Å². The smallest absolute Gasteiger partial charge is 0.231 e. The van der Waals surface area contributed by atoms with Gasteiger partial charge in [0.1, 0.15) is 34.5 Å². The molecule has 3 heterocycles. The molecule has 0 saturated carbocycles. The highest BCUT2D eigenvalue weighted by Crippen LogP contribution is 2.41. The molecule has 26 heteroatoms. The van der Waals surface area contributed by atoms with E-state index in [-0.39, 0.29) is 76.0 Å². The Balaban J connectivity index is 0.000000333. The van der Waals surface area contributed by atoms with Crippen LogP contribution in [0.3, 0.4) is 0 Å². The number of anilines is 6. The molecule has 0 radical (unpaired) electrons. The molecule has 0 spiro atoms. The Morgan fingerprint density at radius 1 is 0.455 bits per heavy atom. The van der Waals surface area contributed by atoms with E-state index in [0.717, 1.165) is 96.0 Å². The predicted octanol–water partition coefficient (Wildman–Crippen LogP) is 16.1. The van der Waals surface area contributed by atoms with E-state index in [9.17, 15) is 19.2 Å². The number of aromatic nitrogens is 6. The number of hydrogen-bond acceptors (Lipinski definition) is 19. The largest absolute Gasteiger partial charge is 0.496 e. The van der Waals surface area contributed by atoms with Gasteiger partial charge in [-0.05, 0) is 159 Å². The highest BCUT2D eigenvalue weighted by atomic mass is 127. The quantitative estimate of drug-likeness (QED) is 0.0206. The molecule has 0 bridgehead atoms. The molecule has 0 aliphatic rings. The van der Waals surface area contributed by atoms with Gasteiger partial charge in [-0.25, -0.2) is 15.0 Å². The number of methoxy groups -OCH3 is 3. The number of benzene rings is 3. The number of halogens is 4. The van der Waals surface area contributed by atoms with Crippen molar-refractivity contribution in [3.8, 4) is 51.7 Å². The number of carbonyl (C=O) groups excluding carboxylic acids is 4. The maximum absolute atomic E-state index is 12.4. The Morgan fingerprint density at radius 2 is 0.784 bits per heavy atom. The number of unbranched alkanes of at least 4 members (excludes halogenated alkanes) is 4. The lowest BCUT2D eigenvalue weighted by Crippen LogP contribution is -2.17. The fourth-order valence-corrected chi connectivity index (χ4v) is 9.70. The molecule has 0 unspecified atom stereocenters. The zero-order chi connectivity index (χ0) is 65.6. The highest BCUT2D eigenvalue weighted by molar-refractivity contribution is 14.1. The van der Waals surface area contributed by atoms with Crippen LogP contribution in [0.2, 0.25) is 0 Å².